The van der Waals surface area contributed by atoms with Gasteiger partial charge in [0.2, 0.25) is 0 Å². The molecule has 1 amide bonds. The standard InChI is InChI=1S/C13H21N3O2S2/c1-8-7-16(5-6-19-8)13-10(18-4)9(14)11(20-13)12(17)15(2)3/h8H,5-7,14H2,1-4H3. The van der Waals surface area contributed by atoms with Crippen LogP contribution in [0.25, 0.3) is 0 Å². The van der Waals surface area contributed by atoms with Crippen LogP contribution in [0.15, 0.2) is 0 Å². The Kier molecular flexibility index (Phi) is 4.70. The number of nitrogens with two attached hydrogens (primary N) is 1. The molecule has 1 aliphatic heterocycles. The third-order valence-electron chi connectivity index (χ3n) is 3.22. The van der Waals surface area contributed by atoms with Crippen LogP contribution in [-0.4, -0.2) is 56.1 Å². The number of nitrogen functional groups attached to an aromatic ring is 1. The summed E-state index contributed by atoms with van der Waals surface area (Å²) in [4.78, 5) is 16.5. The lowest BCUT2D eigenvalue weighted by Gasteiger charge is -2.31. The highest BCUT2D eigenvalue weighted by Crippen LogP contribution is 2.46. The lowest BCUT2D eigenvalue weighted by atomic mass is 10.3. The van der Waals surface area contributed by atoms with Gasteiger partial charge in [0.25, 0.3) is 5.91 Å². The number of methoxy groups -OCH3 is 1. The average molecular weight is 315 g/mol. The van der Waals surface area contributed by atoms with Crippen molar-refractivity contribution in [2.75, 3.05) is 50.7 Å². The molecule has 0 aliphatic carbocycles. The van der Waals surface area contributed by atoms with E-state index < -0.39 is 0 Å². The topological polar surface area (TPSA) is 58.8 Å². The molecule has 1 fully saturated rings. The summed E-state index contributed by atoms with van der Waals surface area (Å²) in [6, 6.07) is 0. The largest absolute Gasteiger partial charge is 0.492 e. The van der Waals surface area contributed by atoms with Gasteiger partial charge in [-0.3, -0.25) is 4.79 Å². The normalized spacial score (nSPS) is 19.0. The molecule has 1 aromatic rings. The predicted octanol–water partition coefficient (Wildman–Crippen LogP) is 1.98. The second-order valence-electron chi connectivity index (χ2n) is 5.01. The summed E-state index contributed by atoms with van der Waals surface area (Å²) in [6.07, 6.45) is 0. The molecule has 0 bridgehead atoms. The molecule has 2 N–H and O–H groups in total. The number of anilines is 2. The van der Waals surface area contributed by atoms with E-state index in [9.17, 15) is 4.79 Å². The van der Waals surface area contributed by atoms with Crippen molar-refractivity contribution < 1.29 is 9.53 Å². The minimum Gasteiger partial charge on any atom is -0.492 e. The van der Waals surface area contributed by atoms with Gasteiger partial charge in [0.15, 0.2) is 5.75 Å². The van der Waals surface area contributed by atoms with Crippen LogP contribution in [0.3, 0.4) is 0 Å². The number of rotatable bonds is 3. The summed E-state index contributed by atoms with van der Waals surface area (Å²) >= 11 is 3.40. The smallest absolute Gasteiger partial charge is 0.265 e. The van der Waals surface area contributed by atoms with Gasteiger partial charge < -0.3 is 20.3 Å². The fourth-order valence-corrected chi connectivity index (χ4v) is 4.45. The Morgan fingerprint density at radius 1 is 1.50 bits per heavy atom. The molecule has 1 aromatic heterocycles. The minimum absolute atomic E-state index is 0.0727. The summed E-state index contributed by atoms with van der Waals surface area (Å²) in [5.41, 5.74) is 6.56. The maximum Gasteiger partial charge on any atom is 0.265 e. The first-order valence-electron chi connectivity index (χ1n) is 6.50. The van der Waals surface area contributed by atoms with Crippen molar-refractivity contribution in [1.82, 2.24) is 4.90 Å². The quantitative estimate of drug-likeness (QED) is 0.924. The van der Waals surface area contributed by atoms with Crippen molar-refractivity contribution >= 4 is 39.7 Å². The maximum absolute atomic E-state index is 12.2. The number of amides is 1. The molecule has 1 unspecified atom stereocenters. The van der Waals surface area contributed by atoms with Crippen LogP contribution in [0.5, 0.6) is 5.75 Å². The van der Waals surface area contributed by atoms with E-state index in [1.165, 1.54) is 11.3 Å². The zero-order valence-corrected chi connectivity index (χ0v) is 13.9. The zero-order chi connectivity index (χ0) is 14.9. The monoisotopic (exact) mass is 315 g/mol. The first-order chi connectivity index (χ1) is 9.45. The van der Waals surface area contributed by atoms with Crippen molar-refractivity contribution in [3.05, 3.63) is 4.88 Å². The Morgan fingerprint density at radius 3 is 2.75 bits per heavy atom. The van der Waals surface area contributed by atoms with E-state index >= 15 is 0 Å². The highest BCUT2D eigenvalue weighted by molar-refractivity contribution is 8.00. The van der Waals surface area contributed by atoms with Crippen molar-refractivity contribution in [2.45, 2.75) is 12.2 Å². The number of hydrogen-bond donors (Lipinski definition) is 1. The lowest BCUT2D eigenvalue weighted by molar-refractivity contribution is 0.0833. The van der Waals surface area contributed by atoms with E-state index in [1.54, 1.807) is 26.1 Å². The molecule has 112 valence electrons. The van der Waals surface area contributed by atoms with Crippen LogP contribution in [-0.2, 0) is 0 Å². The molecule has 1 atom stereocenters. The first-order valence-corrected chi connectivity index (χ1v) is 8.36. The Hall–Kier alpha value is -1.08. The van der Waals surface area contributed by atoms with Gasteiger partial charge in [0.05, 0.1) is 7.11 Å². The molecule has 1 saturated heterocycles. The molecule has 2 rings (SSSR count). The number of nitrogens with zero attached hydrogens (tertiary/aromatic N) is 2. The van der Waals surface area contributed by atoms with Gasteiger partial charge in [-0.25, -0.2) is 0 Å². The molecule has 20 heavy (non-hydrogen) atoms. The van der Waals surface area contributed by atoms with Crippen molar-refractivity contribution in [3.8, 4) is 5.75 Å². The molecule has 0 aromatic carbocycles. The van der Waals surface area contributed by atoms with Crippen LogP contribution in [0.2, 0.25) is 0 Å². The Labute approximate surface area is 128 Å². The maximum atomic E-state index is 12.2. The summed E-state index contributed by atoms with van der Waals surface area (Å²) in [5.74, 6) is 1.65. The molecule has 0 radical (unpaired) electrons. The minimum atomic E-state index is -0.0727. The number of ether oxygens (including phenoxy) is 1. The fraction of sp³-hybridized carbons (Fsp3) is 0.615. The number of thioether (sulfide) groups is 1. The van der Waals surface area contributed by atoms with Crippen LogP contribution in [0.1, 0.15) is 16.6 Å². The second kappa shape index (κ2) is 6.13. The fourth-order valence-electron chi connectivity index (χ4n) is 2.19. The van der Waals surface area contributed by atoms with Gasteiger partial charge in [0.1, 0.15) is 15.6 Å². The zero-order valence-electron chi connectivity index (χ0n) is 12.3. The number of hydrogen-bond acceptors (Lipinski definition) is 6. The Bertz CT molecular complexity index is 502. The Morgan fingerprint density at radius 2 is 2.20 bits per heavy atom. The van der Waals surface area contributed by atoms with Crippen LogP contribution >= 0.6 is 23.1 Å². The summed E-state index contributed by atoms with van der Waals surface area (Å²) in [6.45, 7) is 4.13. The predicted molar refractivity (Wildman–Crippen MR) is 87.4 cm³/mol. The van der Waals surface area contributed by atoms with E-state index in [2.05, 4.69) is 11.8 Å². The lowest BCUT2D eigenvalue weighted by Crippen LogP contribution is -2.36. The van der Waals surface area contributed by atoms with Gasteiger partial charge in [-0.05, 0) is 0 Å². The van der Waals surface area contributed by atoms with Crippen molar-refractivity contribution in [3.63, 3.8) is 0 Å². The molecule has 7 heteroatoms. The van der Waals surface area contributed by atoms with Gasteiger partial charge >= 0.3 is 0 Å². The third-order valence-corrected chi connectivity index (χ3v) is 5.59. The highest BCUT2D eigenvalue weighted by Gasteiger charge is 2.28. The van der Waals surface area contributed by atoms with Crippen molar-refractivity contribution in [2.24, 2.45) is 0 Å². The third kappa shape index (κ3) is 2.83. The van der Waals surface area contributed by atoms with Crippen molar-refractivity contribution in [1.29, 1.82) is 0 Å². The van der Waals surface area contributed by atoms with Gasteiger partial charge in [-0.1, -0.05) is 6.92 Å². The SMILES string of the molecule is COc1c(N2CCSC(C)C2)sc(C(=O)N(C)C)c1N. The van der Waals surface area contributed by atoms with Gasteiger partial charge in [-0.15, -0.1) is 11.3 Å². The summed E-state index contributed by atoms with van der Waals surface area (Å²) in [7, 11) is 5.06. The second-order valence-corrected chi connectivity index (χ2v) is 7.56. The van der Waals surface area contributed by atoms with Crippen LogP contribution in [0, 0.1) is 0 Å². The molecule has 0 saturated carbocycles. The van der Waals surface area contributed by atoms with E-state index in [0.29, 0.717) is 21.6 Å². The average Bonchev–Trinajstić information content (AvgIpc) is 2.74. The van der Waals surface area contributed by atoms with E-state index in [1.807, 2.05) is 11.8 Å². The highest BCUT2D eigenvalue weighted by atomic mass is 32.2. The van der Waals surface area contributed by atoms with E-state index in [0.717, 1.165) is 23.8 Å². The number of carbonyl (C=O) groups excluding carboxylic acids is 1. The van der Waals surface area contributed by atoms with E-state index in [-0.39, 0.29) is 5.91 Å². The molecule has 0 spiro atoms. The summed E-state index contributed by atoms with van der Waals surface area (Å²) < 4.78 is 5.44. The first kappa shape index (κ1) is 15.3. The molecular weight excluding hydrogens is 294 g/mol. The molecule has 2 heterocycles. The van der Waals surface area contributed by atoms with E-state index in [4.69, 9.17) is 10.5 Å². The van der Waals surface area contributed by atoms with Crippen LogP contribution in [0.4, 0.5) is 10.7 Å². The molecule has 5 nitrogen and oxygen atoms in total. The van der Waals surface area contributed by atoms with Gasteiger partial charge in [0, 0.05) is 38.2 Å². The molecular formula is C13H21N3O2S2. The van der Waals surface area contributed by atoms with Crippen LogP contribution < -0.4 is 15.4 Å². The summed E-state index contributed by atoms with van der Waals surface area (Å²) in [5, 5.41) is 1.55. The van der Waals surface area contributed by atoms with Gasteiger partial charge in [-0.2, -0.15) is 11.8 Å². The number of carbonyl (C=O) groups is 1. The Balaban J connectivity index is 2.37. The number of thiophene rings is 1. The molecule has 1 aliphatic rings.